The van der Waals surface area contributed by atoms with Crippen LogP contribution < -0.4 is 4.90 Å². The van der Waals surface area contributed by atoms with Crippen LogP contribution in [-0.2, 0) is 0 Å². The standard InChI is InChI=1S/C13H12IN3/c1-16(2)10-3-4-12-11(8-10)15-13-7-9(14)5-6-17(12)13/h3-8H,1-2H3. The van der Waals surface area contributed by atoms with Crippen LogP contribution in [0, 0.1) is 3.57 Å². The molecule has 0 amide bonds. The maximum atomic E-state index is 4.65. The molecule has 17 heavy (non-hydrogen) atoms. The van der Waals surface area contributed by atoms with Gasteiger partial charge in [0, 0.05) is 29.5 Å². The average Bonchev–Trinajstić information content (AvgIpc) is 2.64. The molecule has 2 aromatic heterocycles. The van der Waals surface area contributed by atoms with Crippen LogP contribution in [0.1, 0.15) is 0 Å². The molecule has 0 saturated carbocycles. The van der Waals surface area contributed by atoms with E-state index in [-0.39, 0.29) is 0 Å². The molecular formula is C13H12IN3. The van der Waals surface area contributed by atoms with Crippen LogP contribution in [0.5, 0.6) is 0 Å². The lowest BCUT2D eigenvalue weighted by molar-refractivity contribution is 1.13. The minimum atomic E-state index is 1.00. The zero-order chi connectivity index (χ0) is 12.0. The van der Waals surface area contributed by atoms with Crippen molar-refractivity contribution in [3.63, 3.8) is 0 Å². The molecule has 1 aromatic carbocycles. The van der Waals surface area contributed by atoms with Crippen molar-refractivity contribution in [1.82, 2.24) is 9.38 Å². The largest absolute Gasteiger partial charge is 0.378 e. The fourth-order valence-corrected chi connectivity index (χ4v) is 2.40. The first-order valence-electron chi connectivity index (χ1n) is 5.40. The lowest BCUT2D eigenvalue weighted by atomic mass is 10.2. The van der Waals surface area contributed by atoms with Gasteiger partial charge in [-0.05, 0) is 52.9 Å². The molecule has 0 aliphatic heterocycles. The first-order valence-corrected chi connectivity index (χ1v) is 6.48. The second kappa shape index (κ2) is 3.87. The Morgan fingerprint density at radius 3 is 2.76 bits per heavy atom. The van der Waals surface area contributed by atoms with Crippen molar-refractivity contribution in [1.29, 1.82) is 0 Å². The second-order valence-corrected chi connectivity index (χ2v) is 5.50. The van der Waals surface area contributed by atoms with Gasteiger partial charge in [-0.1, -0.05) is 0 Å². The third-order valence-corrected chi connectivity index (χ3v) is 3.54. The Hall–Kier alpha value is -1.30. The van der Waals surface area contributed by atoms with Crippen LogP contribution in [0.3, 0.4) is 0 Å². The van der Waals surface area contributed by atoms with Crippen molar-refractivity contribution in [2.75, 3.05) is 19.0 Å². The van der Waals surface area contributed by atoms with Gasteiger partial charge in [-0.2, -0.15) is 0 Å². The summed E-state index contributed by atoms with van der Waals surface area (Å²) in [5, 5.41) is 0. The highest BCUT2D eigenvalue weighted by Gasteiger charge is 2.06. The van der Waals surface area contributed by atoms with Crippen LogP contribution in [0.15, 0.2) is 36.5 Å². The summed E-state index contributed by atoms with van der Waals surface area (Å²) < 4.78 is 3.33. The van der Waals surface area contributed by atoms with Crippen molar-refractivity contribution < 1.29 is 0 Å². The number of rotatable bonds is 1. The van der Waals surface area contributed by atoms with Gasteiger partial charge in [-0.3, -0.25) is 4.40 Å². The predicted molar refractivity (Wildman–Crippen MR) is 79.7 cm³/mol. The number of aromatic nitrogens is 2. The third kappa shape index (κ3) is 1.76. The number of hydrogen-bond donors (Lipinski definition) is 0. The van der Waals surface area contributed by atoms with Crippen LogP contribution in [0.4, 0.5) is 5.69 Å². The SMILES string of the molecule is CN(C)c1ccc2c(c1)nc1cc(I)ccn12. The van der Waals surface area contributed by atoms with Crippen molar-refractivity contribution in [3.8, 4) is 0 Å². The highest BCUT2D eigenvalue weighted by molar-refractivity contribution is 14.1. The molecule has 0 bridgehead atoms. The fourth-order valence-electron chi connectivity index (χ4n) is 1.96. The Morgan fingerprint density at radius 2 is 2.00 bits per heavy atom. The molecule has 3 aromatic rings. The summed E-state index contributed by atoms with van der Waals surface area (Å²) in [5.41, 5.74) is 4.37. The second-order valence-electron chi connectivity index (χ2n) is 4.25. The lowest BCUT2D eigenvalue weighted by Gasteiger charge is -2.11. The monoisotopic (exact) mass is 337 g/mol. The maximum absolute atomic E-state index is 4.65. The number of anilines is 1. The highest BCUT2D eigenvalue weighted by Crippen LogP contribution is 2.22. The molecule has 0 spiro atoms. The molecule has 2 heterocycles. The smallest absolute Gasteiger partial charge is 0.138 e. The molecule has 4 heteroatoms. The number of halogens is 1. The van der Waals surface area contributed by atoms with Crippen LogP contribution in [0.25, 0.3) is 16.7 Å². The topological polar surface area (TPSA) is 20.5 Å². The van der Waals surface area contributed by atoms with E-state index in [4.69, 9.17) is 0 Å². The summed E-state index contributed by atoms with van der Waals surface area (Å²) in [6, 6.07) is 10.5. The van der Waals surface area contributed by atoms with Gasteiger partial charge in [0.25, 0.3) is 0 Å². The van der Waals surface area contributed by atoms with Crippen LogP contribution in [-0.4, -0.2) is 23.5 Å². The zero-order valence-electron chi connectivity index (χ0n) is 9.68. The Morgan fingerprint density at radius 1 is 1.18 bits per heavy atom. The fraction of sp³-hybridized carbons (Fsp3) is 0.154. The number of fused-ring (bicyclic) bond motifs is 3. The highest BCUT2D eigenvalue weighted by atomic mass is 127. The summed E-state index contributed by atoms with van der Waals surface area (Å²) in [5.74, 6) is 0. The van der Waals surface area contributed by atoms with Crippen molar-refractivity contribution in [2.45, 2.75) is 0 Å². The molecule has 86 valence electrons. The zero-order valence-corrected chi connectivity index (χ0v) is 11.8. The van der Waals surface area contributed by atoms with Crippen molar-refractivity contribution >= 4 is 45.0 Å². The molecule has 0 atom stereocenters. The van der Waals surface area contributed by atoms with Gasteiger partial charge in [0.05, 0.1) is 11.0 Å². The molecule has 0 radical (unpaired) electrons. The molecule has 0 N–H and O–H groups in total. The van der Waals surface area contributed by atoms with Crippen molar-refractivity contribution in [3.05, 3.63) is 40.1 Å². The molecule has 0 fully saturated rings. The van der Waals surface area contributed by atoms with E-state index < -0.39 is 0 Å². The summed E-state index contributed by atoms with van der Waals surface area (Å²) >= 11 is 2.31. The van der Waals surface area contributed by atoms with E-state index in [0.29, 0.717) is 0 Å². The van der Waals surface area contributed by atoms with Crippen LogP contribution in [0.2, 0.25) is 0 Å². The minimum absolute atomic E-state index is 1.00. The Bertz CT molecular complexity index is 700. The van der Waals surface area contributed by atoms with E-state index >= 15 is 0 Å². The van der Waals surface area contributed by atoms with E-state index in [1.165, 1.54) is 9.26 Å². The van der Waals surface area contributed by atoms with E-state index in [9.17, 15) is 0 Å². The Labute approximate surface area is 113 Å². The number of hydrogen-bond acceptors (Lipinski definition) is 2. The normalized spacial score (nSPS) is 11.2. The number of benzene rings is 1. The van der Waals surface area contributed by atoms with Gasteiger partial charge < -0.3 is 4.90 Å². The first-order chi connectivity index (χ1) is 8.15. The van der Waals surface area contributed by atoms with Gasteiger partial charge in [-0.25, -0.2) is 4.98 Å². The molecule has 0 aliphatic rings. The minimum Gasteiger partial charge on any atom is -0.378 e. The van der Waals surface area contributed by atoms with Crippen LogP contribution >= 0.6 is 22.6 Å². The van der Waals surface area contributed by atoms with Gasteiger partial charge in [0.1, 0.15) is 5.65 Å². The van der Waals surface area contributed by atoms with Gasteiger partial charge >= 0.3 is 0 Å². The first kappa shape index (κ1) is 10.8. The number of pyridine rings is 1. The summed E-state index contributed by atoms with van der Waals surface area (Å²) in [6.45, 7) is 0. The number of imidazole rings is 1. The molecule has 3 rings (SSSR count). The summed E-state index contributed by atoms with van der Waals surface area (Å²) in [4.78, 5) is 6.74. The lowest BCUT2D eigenvalue weighted by Crippen LogP contribution is -2.07. The van der Waals surface area contributed by atoms with Gasteiger partial charge in [-0.15, -0.1) is 0 Å². The summed E-state index contributed by atoms with van der Waals surface area (Å²) in [6.07, 6.45) is 2.07. The molecule has 3 nitrogen and oxygen atoms in total. The predicted octanol–water partition coefficient (Wildman–Crippen LogP) is 3.16. The quantitative estimate of drug-likeness (QED) is 0.636. The third-order valence-electron chi connectivity index (χ3n) is 2.87. The molecule has 0 aliphatic carbocycles. The van der Waals surface area contributed by atoms with E-state index in [0.717, 1.165) is 16.7 Å². The average molecular weight is 337 g/mol. The van der Waals surface area contributed by atoms with Gasteiger partial charge in [0.15, 0.2) is 0 Å². The van der Waals surface area contributed by atoms with E-state index in [1.807, 2.05) is 14.1 Å². The molecule has 0 saturated heterocycles. The van der Waals surface area contributed by atoms with Gasteiger partial charge in [0.2, 0.25) is 0 Å². The molecule has 0 unspecified atom stereocenters. The Kier molecular flexibility index (Phi) is 2.47. The summed E-state index contributed by atoms with van der Waals surface area (Å²) in [7, 11) is 4.08. The Balaban J connectivity index is 2.35. The maximum Gasteiger partial charge on any atom is 0.138 e. The van der Waals surface area contributed by atoms with E-state index in [2.05, 4.69) is 73.4 Å². The van der Waals surface area contributed by atoms with Crippen molar-refractivity contribution in [2.24, 2.45) is 0 Å². The molecular weight excluding hydrogens is 325 g/mol. The van der Waals surface area contributed by atoms with E-state index in [1.54, 1.807) is 0 Å². The number of nitrogens with zero attached hydrogens (tertiary/aromatic N) is 3.